The maximum Gasteiger partial charge on any atom is 0.236 e. The second kappa shape index (κ2) is 7.31. The first-order valence-electron chi connectivity index (χ1n) is 7.50. The molecule has 1 aromatic carbocycles. The van der Waals surface area contributed by atoms with E-state index in [9.17, 15) is 9.90 Å². The molecule has 116 valence electrons. The van der Waals surface area contributed by atoms with Crippen LogP contribution < -0.4 is 10.1 Å². The number of methoxy groups -OCH3 is 1. The van der Waals surface area contributed by atoms with Gasteiger partial charge in [-0.25, -0.2) is 0 Å². The van der Waals surface area contributed by atoms with E-state index in [-0.39, 0.29) is 17.7 Å². The van der Waals surface area contributed by atoms with Gasteiger partial charge in [-0.1, -0.05) is 6.07 Å². The van der Waals surface area contributed by atoms with Crippen LogP contribution in [0.25, 0.3) is 0 Å². The molecule has 1 heterocycles. The lowest BCUT2D eigenvalue weighted by Gasteiger charge is -2.27. The van der Waals surface area contributed by atoms with Crippen molar-refractivity contribution in [3.05, 3.63) is 23.8 Å². The zero-order valence-corrected chi connectivity index (χ0v) is 12.8. The molecule has 2 rings (SSSR count). The summed E-state index contributed by atoms with van der Waals surface area (Å²) in [7, 11) is 1.52. The van der Waals surface area contributed by atoms with Crippen molar-refractivity contribution in [3.63, 3.8) is 0 Å². The van der Waals surface area contributed by atoms with Gasteiger partial charge >= 0.3 is 0 Å². The van der Waals surface area contributed by atoms with Crippen molar-refractivity contribution in [1.82, 2.24) is 10.2 Å². The molecule has 1 aliphatic rings. The normalized spacial score (nSPS) is 16.6. The first-order valence-corrected chi connectivity index (χ1v) is 7.50. The Balaban J connectivity index is 1.89. The monoisotopic (exact) mass is 292 g/mol. The maximum absolute atomic E-state index is 12.1. The number of piperidine rings is 1. The van der Waals surface area contributed by atoms with Crippen LogP contribution in [0.15, 0.2) is 18.2 Å². The Hall–Kier alpha value is -1.75. The van der Waals surface area contributed by atoms with E-state index in [4.69, 9.17) is 4.74 Å². The Morgan fingerprint density at radius 1 is 1.38 bits per heavy atom. The highest BCUT2D eigenvalue weighted by Crippen LogP contribution is 2.28. The third kappa shape index (κ3) is 4.11. The topological polar surface area (TPSA) is 61.8 Å². The molecule has 0 aliphatic carbocycles. The summed E-state index contributed by atoms with van der Waals surface area (Å²) in [5.41, 5.74) is 0.982. The van der Waals surface area contributed by atoms with Gasteiger partial charge in [0.25, 0.3) is 0 Å². The van der Waals surface area contributed by atoms with E-state index in [1.165, 1.54) is 13.5 Å². The summed E-state index contributed by atoms with van der Waals surface area (Å²) in [5, 5.41) is 12.8. The minimum Gasteiger partial charge on any atom is -0.504 e. The number of nitrogens with one attached hydrogen (secondary N) is 1. The van der Waals surface area contributed by atoms with Crippen LogP contribution in [0, 0.1) is 0 Å². The van der Waals surface area contributed by atoms with Gasteiger partial charge in [0.2, 0.25) is 5.91 Å². The van der Waals surface area contributed by atoms with E-state index in [1.54, 1.807) is 12.1 Å². The number of ether oxygens (including phenoxy) is 1. The number of phenols is 1. The third-order valence-electron chi connectivity index (χ3n) is 3.97. The van der Waals surface area contributed by atoms with E-state index in [0.29, 0.717) is 12.3 Å². The number of rotatable bonds is 5. The van der Waals surface area contributed by atoms with Crippen LogP contribution in [-0.2, 0) is 4.79 Å². The molecule has 0 spiro atoms. The molecule has 1 atom stereocenters. The summed E-state index contributed by atoms with van der Waals surface area (Å²) in [6.45, 7) is 4.09. The van der Waals surface area contributed by atoms with Gasteiger partial charge in [-0.2, -0.15) is 0 Å². The summed E-state index contributed by atoms with van der Waals surface area (Å²) < 4.78 is 5.10. The number of hydrogen-bond donors (Lipinski definition) is 2. The van der Waals surface area contributed by atoms with Crippen LogP contribution in [0.5, 0.6) is 11.5 Å². The molecule has 0 bridgehead atoms. The van der Waals surface area contributed by atoms with Gasteiger partial charge in [-0.15, -0.1) is 0 Å². The molecule has 5 heteroatoms. The molecule has 1 amide bonds. The zero-order chi connectivity index (χ0) is 15.2. The summed E-state index contributed by atoms with van der Waals surface area (Å²) in [6, 6.07) is 5.26. The second-order valence-electron chi connectivity index (χ2n) is 5.48. The number of phenolic OH excluding ortho intramolecular Hbond substituents is 1. The number of nitrogens with zero attached hydrogens (tertiary/aromatic N) is 1. The molecular weight excluding hydrogens is 268 g/mol. The average molecular weight is 292 g/mol. The Morgan fingerprint density at radius 3 is 2.76 bits per heavy atom. The van der Waals surface area contributed by atoms with Crippen molar-refractivity contribution in [2.75, 3.05) is 26.7 Å². The summed E-state index contributed by atoms with van der Waals surface area (Å²) in [4.78, 5) is 14.0. The van der Waals surface area contributed by atoms with Gasteiger partial charge in [0, 0.05) is 19.1 Å². The van der Waals surface area contributed by atoms with Gasteiger partial charge in [0.1, 0.15) is 0 Å². The van der Waals surface area contributed by atoms with Gasteiger partial charge < -0.3 is 20.1 Å². The zero-order valence-electron chi connectivity index (χ0n) is 12.8. The Morgan fingerprint density at radius 2 is 2.10 bits per heavy atom. The fourth-order valence-electron chi connectivity index (χ4n) is 2.58. The van der Waals surface area contributed by atoms with Gasteiger partial charge in [0.05, 0.1) is 13.7 Å². The fourth-order valence-corrected chi connectivity index (χ4v) is 2.58. The first-order chi connectivity index (χ1) is 10.1. The molecule has 0 aromatic heterocycles. The second-order valence-corrected chi connectivity index (χ2v) is 5.48. The molecule has 5 nitrogen and oxygen atoms in total. The molecule has 0 saturated carbocycles. The highest BCUT2D eigenvalue weighted by Gasteiger charge is 2.17. The summed E-state index contributed by atoms with van der Waals surface area (Å²) in [5.74, 6) is 0.730. The summed E-state index contributed by atoms with van der Waals surface area (Å²) in [6.07, 6.45) is 3.44. The number of amides is 1. The molecule has 1 unspecified atom stereocenters. The molecule has 1 saturated heterocycles. The Bertz CT molecular complexity index is 484. The van der Waals surface area contributed by atoms with Crippen LogP contribution >= 0.6 is 0 Å². The van der Waals surface area contributed by atoms with Crippen LogP contribution in [0.2, 0.25) is 0 Å². The molecule has 1 aliphatic heterocycles. The number of likely N-dealkylation sites (tertiary alicyclic amines) is 1. The molecule has 0 radical (unpaired) electrons. The fraction of sp³-hybridized carbons (Fsp3) is 0.562. The lowest BCUT2D eigenvalue weighted by molar-refractivity contribution is -0.131. The van der Waals surface area contributed by atoms with Crippen molar-refractivity contribution in [2.45, 2.75) is 32.2 Å². The quantitative estimate of drug-likeness (QED) is 0.872. The Labute approximate surface area is 125 Å². The van der Waals surface area contributed by atoms with Crippen molar-refractivity contribution in [3.8, 4) is 11.5 Å². The minimum atomic E-state index is 0.0215. The van der Waals surface area contributed by atoms with E-state index >= 15 is 0 Å². The highest BCUT2D eigenvalue weighted by molar-refractivity contribution is 5.78. The van der Waals surface area contributed by atoms with Crippen LogP contribution in [0.4, 0.5) is 0 Å². The van der Waals surface area contributed by atoms with Crippen molar-refractivity contribution in [2.24, 2.45) is 0 Å². The first kappa shape index (κ1) is 15.6. The number of hydrogen-bond acceptors (Lipinski definition) is 4. The van der Waals surface area contributed by atoms with Crippen molar-refractivity contribution >= 4 is 5.91 Å². The lowest BCUT2D eigenvalue weighted by Crippen LogP contribution is -2.41. The number of benzene rings is 1. The predicted octanol–water partition coefficient (Wildman–Crippen LogP) is 2.06. The van der Waals surface area contributed by atoms with Gasteiger partial charge in [-0.05, 0) is 43.9 Å². The molecular formula is C16H24N2O3. The number of aromatic hydroxyl groups is 1. The number of carbonyl (C=O) groups excluding carboxylic acids is 1. The lowest BCUT2D eigenvalue weighted by atomic mass is 10.1. The molecule has 2 N–H and O–H groups in total. The molecule has 1 aromatic rings. The van der Waals surface area contributed by atoms with Gasteiger partial charge in [0.15, 0.2) is 11.5 Å². The highest BCUT2D eigenvalue weighted by atomic mass is 16.5. The molecule has 21 heavy (non-hydrogen) atoms. The van der Waals surface area contributed by atoms with Crippen LogP contribution in [0.3, 0.4) is 0 Å². The average Bonchev–Trinajstić information content (AvgIpc) is 2.53. The maximum atomic E-state index is 12.1. The van der Waals surface area contributed by atoms with Crippen molar-refractivity contribution in [1.29, 1.82) is 0 Å². The third-order valence-corrected chi connectivity index (χ3v) is 3.97. The van der Waals surface area contributed by atoms with E-state index < -0.39 is 0 Å². The van der Waals surface area contributed by atoms with Gasteiger partial charge in [-0.3, -0.25) is 4.79 Å². The Kier molecular flexibility index (Phi) is 5.44. The SMILES string of the molecule is COc1cc(C(C)NCC(=O)N2CCCCC2)ccc1O. The summed E-state index contributed by atoms with van der Waals surface area (Å²) >= 11 is 0. The van der Waals surface area contributed by atoms with Crippen molar-refractivity contribution < 1.29 is 14.6 Å². The van der Waals surface area contributed by atoms with Crippen LogP contribution in [-0.4, -0.2) is 42.7 Å². The predicted molar refractivity (Wildman–Crippen MR) is 81.5 cm³/mol. The smallest absolute Gasteiger partial charge is 0.236 e. The number of carbonyl (C=O) groups is 1. The standard InChI is InChI=1S/C16H24N2O3/c1-12(13-6-7-14(19)15(10-13)21-2)17-11-16(20)18-8-4-3-5-9-18/h6-7,10,12,17,19H,3-5,8-9,11H2,1-2H3. The largest absolute Gasteiger partial charge is 0.504 e. The van der Waals surface area contributed by atoms with Crippen LogP contribution in [0.1, 0.15) is 37.8 Å². The van der Waals surface area contributed by atoms with E-state index in [2.05, 4.69) is 5.32 Å². The van der Waals surface area contributed by atoms with E-state index in [1.807, 2.05) is 17.9 Å². The minimum absolute atomic E-state index is 0.0215. The van der Waals surface area contributed by atoms with E-state index in [0.717, 1.165) is 31.5 Å². The molecule has 1 fully saturated rings.